The molecule has 0 saturated heterocycles. The Hall–Kier alpha value is -0.660. The summed E-state index contributed by atoms with van der Waals surface area (Å²) in [6, 6.07) is 0. The van der Waals surface area contributed by atoms with Crippen molar-refractivity contribution in [2.45, 2.75) is 47.0 Å². The average molecular weight is 184 g/mol. The van der Waals surface area contributed by atoms with Crippen LogP contribution in [0.3, 0.4) is 0 Å². The summed E-state index contributed by atoms with van der Waals surface area (Å²) in [5.74, 6) is -0.323. The van der Waals surface area contributed by atoms with Crippen molar-refractivity contribution in [1.82, 2.24) is 0 Å². The fraction of sp³-hybridized carbons (Fsp3) is 0.818. The van der Waals surface area contributed by atoms with Crippen molar-refractivity contribution in [3.05, 3.63) is 0 Å². The zero-order chi connectivity index (χ0) is 10.5. The summed E-state index contributed by atoms with van der Waals surface area (Å²) in [6.45, 7) is 7.64. The SMILES string of the molecule is CCCCC(C=O)C(=O)C(C)(C)C. The summed E-state index contributed by atoms with van der Waals surface area (Å²) in [4.78, 5) is 22.3. The zero-order valence-electron chi connectivity index (χ0n) is 9.09. The van der Waals surface area contributed by atoms with Crippen LogP contribution in [0.1, 0.15) is 47.0 Å². The van der Waals surface area contributed by atoms with Gasteiger partial charge in [-0.25, -0.2) is 0 Å². The van der Waals surface area contributed by atoms with Crippen molar-refractivity contribution in [2.75, 3.05) is 0 Å². The topological polar surface area (TPSA) is 34.1 Å². The summed E-state index contributed by atoms with van der Waals surface area (Å²) in [5.41, 5.74) is -0.390. The standard InChI is InChI=1S/C11H20O2/c1-5-6-7-9(8-12)10(13)11(2,3)4/h8-9H,5-7H2,1-4H3. The Morgan fingerprint density at radius 2 is 1.92 bits per heavy atom. The normalized spacial score (nSPS) is 13.8. The molecule has 0 radical (unpaired) electrons. The number of aldehydes is 1. The van der Waals surface area contributed by atoms with E-state index >= 15 is 0 Å². The van der Waals surface area contributed by atoms with Gasteiger partial charge >= 0.3 is 0 Å². The first kappa shape index (κ1) is 12.3. The highest BCUT2D eigenvalue weighted by Crippen LogP contribution is 2.22. The van der Waals surface area contributed by atoms with Crippen LogP contribution in [-0.4, -0.2) is 12.1 Å². The molecule has 76 valence electrons. The number of unbranched alkanes of at least 4 members (excludes halogenated alkanes) is 1. The number of carbonyl (C=O) groups is 2. The van der Waals surface area contributed by atoms with Gasteiger partial charge in [0.15, 0.2) is 0 Å². The van der Waals surface area contributed by atoms with Gasteiger partial charge in [-0.15, -0.1) is 0 Å². The van der Waals surface area contributed by atoms with Gasteiger partial charge in [-0.3, -0.25) is 4.79 Å². The number of hydrogen-bond donors (Lipinski definition) is 0. The Morgan fingerprint density at radius 1 is 1.38 bits per heavy atom. The second-order valence-electron chi connectivity index (χ2n) is 4.50. The van der Waals surface area contributed by atoms with Gasteiger partial charge in [0.1, 0.15) is 12.1 Å². The van der Waals surface area contributed by atoms with Crippen LogP contribution < -0.4 is 0 Å². The van der Waals surface area contributed by atoms with E-state index in [1.807, 2.05) is 20.8 Å². The average Bonchev–Trinajstić information content (AvgIpc) is 2.04. The lowest BCUT2D eigenvalue weighted by molar-refractivity contribution is -0.133. The highest BCUT2D eigenvalue weighted by molar-refractivity contribution is 5.96. The van der Waals surface area contributed by atoms with Gasteiger partial charge < -0.3 is 4.79 Å². The van der Waals surface area contributed by atoms with Crippen molar-refractivity contribution in [1.29, 1.82) is 0 Å². The molecule has 0 heterocycles. The van der Waals surface area contributed by atoms with Crippen LogP contribution in [0.2, 0.25) is 0 Å². The zero-order valence-corrected chi connectivity index (χ0v) is 9.09. The number of rotatable bonds is 5. The van der Waals surface area contributed by atoms with Gasteiger partial charge in [-0.05, 0) is 6.42 Å². The molecule has 0 aromatic carbocycles. The first-order chi connectivity index (χ1) is 5.93. The van der Waals surface area contributed by atoms with E-state index in [0.29, 0.717) is 6.42 Å². The third-order valence-electron chi connectivity index (χ3n) is 2.11. The van der Waals surface area contributed by atoms with E-state index in [1.54, 1.807) is 0 Å². The van der Waals surface area contributed by atoms with Crippen molar-refractivity contribution in [3.8, 4) is 0 Å². The molecule has 2 nitrogen and oxygen atoms in total. The Kier molecular flexibility index (Phi) is 4.89. The lowest BCUT2D eigenvalue weighted by Crippen LogP contribution is -2.29. The van der Waals surface area contributed by atoms with Crippen molar-refractivity contribution in [2.24, 2.45) is 11.3 Å². The van der Waals surface area contributed by atoms with E-state index in [9.17, 15) is 9.59 Å². The van der Waals surface area contributed by atoms with Crippen LogP contribution in [0.25, 0.3) is 0 Å². The Morgan fingerprint density at radius 3 is 2.23 bits per heavy atom. The molecule has 0 N–H and O–H groups in total. The van der Waals surface area contributed by atoms with Crippen LogP contribution in [-0.2, 0) is 9.59 Å². The number of Topliss-reactive ketones (excluding diaryl/α,β-unsaturated/α-hetero) is 1. The first-order valence-electron chi connectivity index (χ1n) is 4.93. The van der Waals surface area contributed by atoms with E-state index in [-0.39, 0.29) is 17.1 Å². The van der Waals surface area contributed by atoms with Gasteiger partial charge in [-0.2, -0.15) is 0 Å². The monoisotopic (exact) mass is 184 g/mol. The highest BCUT2D eigenvalue weighted by Gasteiger charge is 2.28. The molecular formula is C11H20O2. The summed E-state index contributed by atoms with van der Waals surface area (Å²) >= 11 is 0. The molecule has 1 unspecified atom stereocenters. The van der Waals surface area contributed by atoms with Gasteiger partial charge in [-0.1, -0.05) is 40.5 Å². The molecule has 1 atom stereocenters. The summed E-state index contributed by atoms with van der Waals surface area (Å²) in [7, 11) is 0. The molecule has 0 aromatic heterocycles. The van der Waals surface area contributed by atoms with Crippen LogP contribution >= 0.6 is 0 Å². The number of carbonyl (C=O) groups excluding carboxylic acids is 2. The second kappa shape index (κ2) is 5.15. The second-order valence-corrected chi connectivity index (χ2v) is 4.50. The largest absolute Gasteiger partial charge is 0.303 e. The third-order valence-corrected chi connectivity index (χ3v) is 2.11. The minimum atomic E-state index is -0.390. The molecule has 0 aliphatic rings. The maximum absolute atomic E-state index is 11.7. The first-order valence-corrected chi connectivity index (χ1v) is 4.93. The Balaban J connectivity index is 4.24. The molecule has 0 saturated carbocycles. The van der Waals surface area contributed by atoms with E-state index < -0.39 is 0 Å². The van der Waals surface area contributed by atoms with Gasteiger partial charge in [0, 0.05) is 5.41 Å². The highest BCUT2D eigenvalue weighted by atomic mass is 16.1. The molecule has 0 rings (SSSR count). The predicted octanol–water partition coefficient (Wildman–Crippen LogP) is 2.61. The van der Waals surface area contributed by atoms with Gasteiger partial charge in [0.2, 0.25) is 0 Å². The molecule has 0 aliphatic heterocycles. The van der Waals surface area contributed by atoms with Crippen molar-refractivity contribution >= 4 is 12.1 Å². The predicted molar refractivity (Wildman–Crippen MR) is 53.5 cm³/mol. The van der Waals surface area contributed by atoms with Crippen LogP contribution in [0.5, 0.6) is 0 Å². The molecular weight excluding hydrogens is 164 g/mol. The summed E-state index contributed by atoms with van der Waals surface area (Å²) in [6.07, 6.45) is 3.48. The maximum atomic E-state index is 11.7. The van der Waals surface area contributed by atoms with Crippen molar-refractivity contribution in [3.63, 3.8) is 0 Å². The lowest BCUT2D eigenvalue weighted by Gasteiger charge is -2.20. The van der Waals surface area contributed by atoms with E-state index in [1.165, 1.54) is 0 Å². The third kappa shape index (κ3) is 4.20. The molecule has 13 heavy (non-hydrogen) atoms. The summed E-state index contributed by atoms with van der Waals surface area (Å²) < 4.78 is 0. The van der Waals surface area contributed by atoms with Crippen LogP contribution in [0.4, 0.5) is 0 Å². The van der Waals surface area contributed by atoms with Crippen LogP contribution in [0.15, 0.2) is 0 Å². The molecule has 0 aromatic rings. The summed E-state index contributed by atoms with van der Waals surface area (Å²) in [5, 5.41) is 0. The maximum Gasteiger partial charge on any atom is 0.148 e. The molecule has 0 spiro atoms. The molecule has 0 aliphatic carbocycles. The fourth-order valence-corrected chi connectivity index (χ4v) is 1.24. The molecule has 2 heteroatoms. The minimum Gasteiger partial charge on any atom is -0.303 e. The smallest absolute Gasteiger partial charge is 0.148 e. The number of ketones is 1. The van der Waals surface area contributed by atoms with E-state index in [2.05, 4.69) is 6.92 Å². The Bertz CT molecular complexity index is 177. The van der Waals surface area contributed by atoms with E-state index in [0.717, 1.165) is 19.1 Å². The molecule has 0 fully saturated rings. The van der Waals surface area contributed by atoms with Crippen LogP contribution in [0, 0.1) is 11.3 Å². The van der Waals surface area contributed by atoms with Gasteiger partial charge in [0.25, 0.3) is 0 Å². The number of hydrogen-bond acceptors (Lipinski definition) is 2. The molecule has 0 amide bonds. The van der Waals surface area contributed by atoms with E-state index in [4.69, 9.17) is 0 Å². The fourth-order valence-electron chi connectivity index (χ4n) is 1.24. The van der Waals surface area contributed by atoms with Crippen molar-refractivity contribution < 1.29 is 9.59 Å². The molecule has 0 bridgehead atoms. The Labute approximate surface area is 80.7 Å². The van der Waals surface area contributed by atoms with Gasteiger partial charge in [0.05, 0.1) is 5.92 Å². The quantitative estimate of drug-likeness (QED) is 0.486. The minimum absolute atomic E-state index is 0.0657. The lowest BCUT2D eigenvalue weighted by atomic mass is 9.82.